The summed E-state index contributed by atoms with van der Waals surface area (Å²) in [6.45, 7) is 6.60. The first kappa shape index (κ1) is 26.7. The fourth-order valence-electron chi connectivity index (χ4n) is 5.42. The molecule has 1 aliphatic rings. The van der Waals surface area contributed by atoms with E-state index in [4.69, 9.17) is 9.47 Å². The first-order chi connectivity index (χ1) is 18.1. The minimum Gasteiger partial charge on any atom is -0.491 e. The van der Waals surface area contributed by atoms with Gasteiger partial charge in [0.1, 0.15) is 23.9 Å². The van der Waals surface area contributed by atoms with E-state index < -0.39 is 0 Å². The lowest BCUT2D eigenvalue weighted by Crippen LogP contribution is -2.16. The first-order valence-electron chi connectivity index (χ1n) is 13.8. The van der Waals surface area contributed by atoms with Crippen molar-refractivity contribution < 1.29 is 14.3 Å². The van der Waals surface area contributed by atoms with Crippen molar-refractivity contribution in [2.45, 2.75) is 76.9 Å². The van der Waals surface area contributed by atoms with Gasteiger partial charge in [0.25, 0.3) is 0 Å². The zero-order valence-corrected chi connectivity index (χ0v) is 22.1. The van der Waals surface area contributed by atoms with Gasteiger partial charge < -0.3 is 9.47 Å². The highest BCUT2D eigenvalue weighted by Crippen LogP contribution is 2.42. The van der Waals surface area contributed by atoms with E-state index in [2.05, 4.69) is 68.1 Å². The highest BCUT2D eigenvalue weighted by molar-refractivity contribution is 5.79. The normalized spacial score (nSPS) is 18.6. The highest BCUT2D eigenvalue weighted by atomic mass is 16.5. The van der Waals surface area contributed by atoms with E-state index in [1.165, 1.54) is 5.56 Å². The Balaban J connectivity index is 1.50. The van der Waals surface area contributed by atoms with Gasteiger partial charge in [0.15, 0.2) is 0 Å². The summed E-state index contributed by atoms with van der Waals surface area (Å²) in [5.41, 5.74) is 3.60. The lowest BCUT2D eigenvalue weighted by atomic mass is 9.80. The van der Waals surface area contributed by atoms with Crippen LogP contribution in [0.3, 0.4) is 0 Å². The Labute approximate surface area is 222 Å². The van der Waals surface area contributed by atoms with Crippen LogP contribution in [0.2, 0.25) is 0 Å². The SMILES string of the molecule is C=CC[C@H]1CCCC(=O)C[C@@H]1c1ccc(OC(C)CCCc2ccccc2)cc1OCc1ccccc1. The van der Waals surface area contributed by atoms with Crippen molar-refractivity contribution in [3.05, 3.63) is 108 Å². The van der Waals surface area contributed by atoms with Crippen molar-refractivity contribution in [2.24, 2.45) is 5.92 Å². The molecule has 3 aromatic rings. The molecule has 37 heavy (non-hydrogen) atoms. The molecule has 0 aliphatic heterocycles. The van der Waals surface area contributed by atoms with Gasteiger partial charge in [-0.25, -0.2) is 0 Å². The van der Waals surface area contributed by atoms with Crippen molar-refractivity contribution in [1.29, 1.82) is 0 Å². The molecule has 0 heterocycles. The van der Waals surface area contributed by atoms with Crippen LogP contribution in [0.1, 0.15) is 74.5 Å². The Morgan fingerprint density at radius 2 is 1.73 bits per heavy atom. The van der Waals surface area contributed by atoms with Gasteiger partial charge in [0, 0.05) is 18.9 Å². The number of hydrogen-bond acceptors (Lipinski definition) is 3. The minimum atomic E-state index is 0.101. The molecule has 3 aromatic carbocycles. The summed E-state index contributed by atoms with van der Waals surface area (Å²) in [5, 5.41) is 0. The summed E-state index contributed by atoms with van der Waals surface area (Å²) >= 11 is 0. The first-order valence-corrected chi connectivity index (χ1v) is 13.8. The molecule has 0 saturated heterocycles. The molecule has 3 atom stereocenters. The van der Waals surface area contributed by atoms with Crippen molar-refractivity contribution in [3.63, 3.8) is 0 Å². The van der Waals surface area contributed by atoms with E-state index in [1.54, 1.807) is 0 Å². The Morgan fingerprint density at radius 1 is 1.00 bits per heavy atom. The smallest absolute Gasteiger partial charge is 0.133 e. The Hall–Kier alpha value is -3.33. The molecule has 0 radical (unpaired) electrons. The van der Waals surface area contributed by atoms with Gasteiger partial charge >= 0.3 is 0 Å². The van der Waals surface area contributed by atoms with Gasteiger partial charge in [-0.3, -0.25) is 4.79 Å². The van der Waals surface area contributed by atoms with Crippen molar-refractivity contribution in [1.82, 2.24) is 0 Å². The maximum Gasteiger partial charge on any atom is 0.133 e. The third kappa shape index (κ3) is 8.08. The van der Waals surface area contributed by atoms with Crippen LogP contribution < -0.4 is 9.47 Å². The molecule has 3 heteroatoms. The van der Waals surface area contributed by atoms with Gasteiger partial charge in [-0.05, 0) is 80.0 Å². The summed E-state index contributed by atoms with van der Waals surface area (Å²) in [6.07, 6.45) is 9.35. The average molecular weight is 497 g/mol. The van der Waals surface area contributed by atoms with Crippen LogP contribution in [0.15, 0.2) is 91.5 Å². The number of ketones is 1. The summed E-state index contributed by atoms with van der Waals surface area (Å²) in [5.74, 6) is 2.52. The second-order valence-electron chi connectivity index (χ2n) is 10.3. The second-order valence-corrected chi connectivity index (χ2v) is 10.3. The zero-order valence-electron chi connectivity index (χ0n) is 22.1. The molecular weight excluding hydrogens is 456 g/mol. The van der Waals surface area contributed by atoms with Crippen LogP contribution in [0, 0.1) is 5.92 Å². The molecule has 0 amide bonds. The van der Waals surface area contributed by atoms with Crippen LogP contribution in [-0.4, -0.2) is 11.9 Å². The molecule has 1 unspecified atom stereocenters. The van der Waals surface area contributed by atoms with Gasteiger partial charge in [-0.1, -0.05) is 72.8 Å². The summed E-state index contributed by atoms with van der Waals surface area (Å²) in [7, 11) is 0. The summed E-state index contributed by atoms with van der Waals surface area (Å²) in [6, 6.07) is 27.0. The van der Waals surface area contributed by atoms with Crippen LogP contribution in [0.4, 0.5) is 0 Å². The lowest BCUT2D eigenvalue weighted by molar-refractivity contribution is -0.119. The monoisotopic (exact) mass is 496 g/mol. The molecule has 0 bridgehead atoms. The van der Waals surface area contributed by atoms with Gasteiger partial charge in [0.2, 0.25) is 0 Å². The third-order valence-corrected chi connectivity index (χ3v) is 7.39. The lowest BCUT2D eigenvalue weighted by Gasteiger charge is -2.27. The van der Waals surface area contributed by atoms with Crippen molar-refractivity contribution >= 4 is 5.78 Å². The molecule has 0 aromatic heterocycles. The third-order valence-electron chi connectivity index (χ3n) is 7.39. The highest BCUT2D eigenvalue weighted by Gasteiger charge is 2.30. The largest absolute Gasteiger partial charge is 0.491 e. The maximum absolute atomic E-state index is 12.6. The minimum absolute atomic E-state index is 0.101. The van der Waals surface area contributed by atoms with Crippen LogP contribution >= 0.6 is 0 Å². The molecule has 3 nitrogen and oxygen atoms in total. The standard InChI is InChI=1S/C34H40O3/c1-3-12-29-19-11-20-30(35)23-33(29)32-22-21-31(24-34(32)36-25-28-16-8-5-9-17-28)37-26(2)13-10-18-27-14-6-4-7-15-27/h3-9,14-17,21-22,24,26,29,33H,1,10-13,18-20,23,25H2,2H3/t26?,29-,33-/m0/s1. The van der Waals surface area contributed by atoms with Crippen LogP contribution in [-0.2, 0) is 17.8 Å². The predicted molar refractivity (Wildman–Crippen MR) is 151 cm³/mol. The molecule has 194 valence electrons. The maximum atomic E-state index is 12.6. The van der Waals surface area contributed by atoms with Crippen LogP contribution in [0.25, 0.3) is 0 Å². The number of benzene rings is 3. The average Bonchev–Trinajstić information content (AvgIpc) is 3.10. The predicted octanol–water partition coefficient (Wildman–Crippen LogP) is 8.47. The molecule has 1 aliphatic carbocycles. The number of carbonyl (C=O) groups excluding carboxylic acids is 1. The van der Waals surface area contributed by atoms with Crippen molar-refractivity contribution in [2.75, 3.05) is 0 Å². The number of carbonyl (C=O) groups is 1. The van der Waals surface area contributed by atoms with Crippen LogP contribution in [0.5, 0.6) is 11.5 Å². The molecule has 4 rings (SSSR count). The van der Waals surface area contributed by atoms with E-state index in [9.17, 15) is 4.79 Å². The molecule has 0 N–H and O–H groups in total. The topological polar surface area (TPSA) is 35.5 Å². The Morgan fingerprint density at radius 3 is 2.46 bits per heavy atom. The Bertz CT molecular complexity index is 1120. The number of Topliss-reactive ketones (excluding diaryl/α,β-unsaturated/α-hetero) is 1. The fraction of sp³-hybridized carbons (Fsp3) is 0.382. The summed E-state index contributed by atoms with van der Waals surface area (Å²) < 4.78 is 12.8. The number of ether oxygens (including phenoxy) is 2. The van der Waals surface area contributed by atoms with Gasteiger partial charge in [0.05, 0.1) is 6.10 Å². The van der Waals surface area contributed by atoms with Gasteiger partial charge in [-0.2, -0.15) is 0 Å². The second kappa shape index (κ2) is 13.8. The number of aryl methyl sites for hydroxylation is 1. The van der Waals surface area contributed by atoms with E-state index >= 15 is 0 Å². The van der Waals surface area contributed by atoms with Gasteiger partial charge in [-0.15, -0.1) is 6.58 Å². The number of rotatable bonds is 12. The van der Waals surface area contributed by atoms with E-state index in [0.29, 0.717) is 31.1 Å². The zero-order chi connectivity index (χ0) is 25.9. The number of allylic oxidation sites excluding steroid dienone is 1. The van der Waals surface area contributed by atoms with Crippen molar-refractivity contribution in [3.8, 4) is 11.5 Å². The van der Waals surface area contributed by atoms with E-state index in [0.717, 1.165) is 61.2 Å². The number of hydrogen-bond donors (Lipinski definition) is 0. The molecule has 1 fully saturated rings. The summed E-state index contributed by atoms with van der Waals surface area (Å²) in [4.78, 5) is 12.6. The van der Waals surface area contributed by atoms with E-state index in [-0.39, 0.29) is 12.0 Å². The molecular formula is C34H40O3. The molecule has 0 spiro atoms. The fourth-order valence-corrected chi connectivity index (χ4v) is 5.42. The van der Waals surface area contributed by atoms with E-state index in [1.807, 2.05) is 30.3 Å². The quantitative estimate of drug-likeness (QED) is 0.186. The molecule has 1 saturated carbocycles. The Kier molecular flexibility index (Phi) is 9.99.